The van der Waals surface area contributed by atoms with E-state index in [-0.39, 0.29) is 11.7 Å². The zero-order valence-corrected chi connectivity index (χ0v) is 10.6. The molecule has 2 aromatic carbocycles. The fourth-order valence-electron chi connectivity index (χ4n) is 2.64. The van der Waals surface area contributed by atoms with E-state index in [2.05, 4.69) is 6.07 Å². The summed E-state index contributed by atoms with van der Waals surface area (Å²) < 4.78 is 18.6. The summed E-state index contributed by atoms with van der Waals surface area (Å²) in [4.78, 5) is 0. The van der Waals surface area contributed by atoms with E-state index in [0.717, 1.165) is 11.1 Å². The van der Waals surface area contributed by atoms with Crippen molar-refractivity contribution in [1.82, 2.24) is 0 Å². The van der Waals surface area contributed by atoms with Crippen LogP contribution in [0, 0.1) is 5.82 Å². The maximum Gasteiger partial charge on any atom is 0.123 e. The Morgan fingerprint density at radius 3 is 2.68 bits per heavy atom. The van der Waals surface area contributed by atoms with Gasteiger partial charge in [-0.05, 0) is 34.4 Å². The predicted molar refractivity (Wildman–Crippen MR) is 73.3 cm³/mol. The Bertz CT molecular complexity index is 580. The zero-order chi connectivity index (χ0) is 13.2. The minimum absolute atomic E-state index is 0.218. The van der Waals surface area contributed by atoms with Gasteiger partial charge in [0.2, 0.25) is 0 Å². The molecule has 0 unspecified atom stereocenters. The second kappa shape index (κ2) is 5.11. The van der Waals surface area contributed by atoms with E-state index in [4.69, 9.17) is 10.5 Å². The first-order valence-electron chi connectivity index (χ1n) is 6.45. The molecule has 19 heavy (non-hydrogen) atoms. The van der Waals surface area contributed by atoms with E-state index in [9.17, 15) is 4.39 Å². The fourth-order valence-corrected chi connectivity index (χ4v) is 2.64. The summed E-state index contributed by atoms with van der Waals surface area (Å²) in [5.41, 5.74) is 10.4. The van der Waals surface area contributed by atoms with Crippen LogP contribution >= 0.6 is 0 Å². The highest BCUT2D eigenvalue weighted by atomic mass is 19.1. The first-order valence-corrected chi connectivity index (χ1v) is 6.45. The Balaban J connectivity index is 2.10. The van der Waals surface area contributed by atoms with Gasteiger partial charge in [-0.25, -0.2) is 4.39 Å². The van der Waals surface area contributed by atoms with Gasteiger partial charge in [0.05, 0.1) is 13.2 Å². The van der Waals surface area contributed by atoms with Gasteiger partial charge in [0.1, 0.15) is 5.82 Å². The third kappa shape index (κ3) is 2.27. The molecule has 0 bridgehead atoms. The fraction of sp³-hybridized carbons (Fsp3) is 0.250. The van der Waals surface area contributed by atoms with Crippen LogP contribution in [-0.2, 0) is 11.3 Å². The SMILES string of the molecule is NC[C@@H]1COCc2c(-c3ccc(F)cc3)cccc21. The molecule has 0 spiro atoms. The maximum absolute atomic E-state index is 13.0. The van der Waals surface area contributed by atoms with Gasteiger partial charge in [0, 0.05) is 12.5 Å². The third-order valence-corrected chi connectivity index (χ3v) is 3.66. The van der Waals surface area contributed by atoms with Crippen LogP contribution in [0.25, 0.3) is 11.1 Å². The molecule has 1 atom stereocenters. The van der Waals surface area contributed by atoms with Crippen molar-refractivity contribution in [2.45, 2.75) is 12.5 Å². The normalized spacial score (nSPS) is 18.1. The maximum atomic E-state index is 13.0. The summed E-state index contributed by atoms with van der Waals surface area (Å²) >= 11 is 0. The number of benzene rings is 2. The molecule has 2 aromatic rings. The van der Waals surface area contributed by atoms with E-state index in [1.54, 1.807) is 12.1 Å². The van der Waals surface area contributed by atoms with Crippen molar-refractivity contribution >= 4 is 0 Å². The van der Waals surface area contributed by atoms with E-state index in [1.165, 1.54) is 23.3 Å². The van der Waals surface area contributed by atoms with Crippen LogP contribution in [0.5, 0.6) is 0 Å². The lowest BCUT2D eigenvalue weighted by atomic mass is 9.88. The lowest BCUT2D eigenvalue weighted by Gasteiger charge is -2.26. The zero-order valence-electron chi connectivity index (χ0n) is 10.6. The Morgan fingerprint density at radius 2 is 1.95 bits per heavy atom. The number of ether oxygens (including phenoxy) is 1. The quantitative estimate of drug-likeness (QED) is 0.897. The van der Waals surface area contributed by atoms with E-state index < -0.39 is 0 Å². The van der Waals surface area contributed by atoms with Crippen LogP contribution in [0.4, 0.5) is 4.39 Å². The van der Waals surface area contributed by atoms with Crippen molar-refractivity contribution < 1.29 is 9.13 Å². The molecule has 1 heterocycles. The van der Waals surface area contributed by atoms with Gasteiger partial charge in [0.15, 0.2) is 0 Å². The lowest BCUT2D eigenvalue weighted by molar-refractivity contribution is 0.0932. The Morgan fingerprint density at radius 1 is 1.16 bits per heavy atom. The average Bonchev–Trinajstić information content (AvgIpc) is 2.47. The third-order valence-electron chi connectivity index (χ3n) is 3.66. The molecule has 98 valence electrons. The second-order valence-corrected chi connectivity index (χ2v) is 4.83. The van der Waals surface area contributed by atoms with Crippen molar-refractivity contribution in [2.75, 3.05) is 13.2 Å². The molecule has 0 radical (unpaired) electrons. The number of hydrogen-bond acceptors (Lipinski definition) is 2. The summed E-state index contributed by atoms with van der Waals surface area (Å²) in [6.45, 7) is 1.86. The lowest BCUT2D eigenvalue weighted by Crippen LogP contribution is -2.24. The molecule has 2 nitrogen and oxygen atoms in total. The first-order chi connectivity index (χ1) is 9.29. The van der Waals surface area contributed by atoms with E-state index in [1.807, 2.05) is 12.1 Å². The Hall–Kier alpha value is -1.71. The molecular formula is C16H16FNO. The summed E-state index contributed by atoms with van der Waals surface area (Å²) in [5.74, 6) is 0.0359. The molecule has 0 saturated carbocycles. The van der Waals surface area contributed by atoms with Crippen LogP contribution in [0.3, 0.4) is 0 Å². The summed E-state index contributed by atoms with van der Waals surface area (Å²) in [5, 5.41) is 0. The molecule has 3 rings (SSSR count). The van der Waals surface area contributed by atoms with Gasteiger partial charge in [-0.2, -0.15) is 0 Å². The van der Waals surface area contributed by atoms with Gasteiger partial charge in [0.25, 0.3) is 0 Å². The molecule has 0 aliphatic carbocycles. The van der Waals surface area contributed by atoms with Crippen LogP contribution in [-0.4, -0.2) is 13.2 Å². The number of halogens is 1. The number of rotatable bonds is 2. The average molecular weight is 257 g/mol. The second-order valence-electron chi connectivity index (χ2n) is 4.83. The van der Waals surface area contributed by atoms with Crippen LogP contribution in [0.1, 0.15) is 17.0 Å². The molecule has 2 N–H and O–H groups in total. The largest absolute Gasteiger partial charge is 0.376 e. The summed E-state index contributed by atoms with van der Waals surface area (Å²) in [6, 6.07) is 12.8. The molecule has 0 saturated heterocycles. The standard InChI is InChI=1S/C16H16FNO/c17-13-6-4-11(5-7-13)14-2-1-3-15-12(8-18)9-19-10-16(14)15/h1-7,12H,8-10,18H2/t12-/m1/s1. The van der Waals surface area contributed by atoms with Crippen molar-refractivity contribution in [1.29, 1.82) is 0 Å². The minimum atomic E-state index is -0.218. The van der Waals surface area contributed by atoms with Crippen LogP contribution in [0.2, 0.25) is 0 Å². The van der Waals surface area contributed by atoms with Crippen molar-refractivity contribution in [3.05, 3.63) is 59.4 Å². The molecule has 1 aliphatic heterocycles. The van der Waals surface area contributed by atoms with Gasteiger partial charge in [-0.15, -0.1) is 0 Å². The Kier molecular flexibility index (Phi) is 3.32. The summed E-state index contributed by atoms with van der Waals surface area (Å²) in [6.07, 6.45) is 0. The highest BCUT2D eigenvalue weighted by Crippen LogP contribution is 2.33. The highest BCUT2D eigenvalue weighted by molar-refractivity contribution is 5.69. The van der Waals surface area contributed by atoms with Crippen molar-refractivity contribution in [3.63, 3.8) is 0 Å². The predicted octanol–water partition coefficient (Wildman–Crippen LogP) is 3.07. The number of hydrogen-bond donors (Lipinski definition) is 1. The molecule has 1 aliphatic rings. The van der Waals surface area contributed by atoms with E-state index >= 15 is 0 Å². The molecule has 0 fully saturated rings. The minimum Gasteiger partial charge on any atom is -0.376 e. The Labute approximate surface area is 112 Å². The van der Waals surface area contributed by atoms with Gasteiger partial charge in [-0.3, -0.25) is 0 Å². The molecular weight excluding hydrogens is 241 g/mol. The molecule has 0 aromatic heterocycles. The monoisotopic (exact) mass is 257 g/mol. The number of nitrogens with two attached hydrogens (primary N) is 1. The van der Waals surface area contributed by atoms with Crippen LogP contribution in [0.15, 0.2) is 42.5 Å². The van der Waals surface area contributed by atoms with Gasteiger partial charge < -0.3 is 10.5 Å². The smallest absolute Gasteiger partial charge is 0.123 e. The topological polar surface area (TPSA) is 35.2 Å². The van der Waals surface area contributed by atoms with Gasteiger partial charge in [-0.1, -0.05) is 30.3 Å². The van der Waals surface area contributed by atoms with Crippen molar-refractivity contribution in [2.24, 2.45) is 5.73 Å². The first kappa shape index (κ1) is 12.3. The molecule has 3 heteroatoms. The highest BCUT2D eigenvalue weighted by Gasteiger charge is 2.21. The number of fused-ring (bicyclic) bond motifs is 1. The van der Waals surface area contributed by atoms with Crippen molar-refractivity contribution in [3.8, 4) is 11.1 Å². The summed E-state index contributed by atoms with van der Waals surface area (Å²) in [7, 11) is 0. The van der Waals surface area contributed by atoms with E-state index in [0.29, 0.717) is 19.8 Å². The van der Waals surface area contributed by atoms with Gasteiger partial charge >= 0.3 is 0 Å². The molecule has 0 amide bonds. The van der Waals surface area contributed by atoms with Crippen LogP contribution < -0.4 is 5.73 Å².